The van der Waals surface area contributed by atoms with Crippen LogP contribution in [-0.4, -0.2) is 24.6 Å². The van der Waals surface area contributed by atoms with Gasteiger partial charge in [0, 0.05) is 5.56 Å². The summed E-state index contributed by atoms with van der Waals surface area (Å²) in [6.45, 7) is 10.7. The van der Waals surface area contributed by atoms with E-state index < -0.39 is 0 Å². The Hall–Kier alpha value is -1.08. The molecule has 1 aromatic carbocycles. The maximum absolute atomic E-state index is 3.98. The first-order valence-corrected chi connectivity index (χ1v) is 5.69. The molecule has 0 heterocycles. The zero-order valence-electron chi connectivity index (χ0n) is 10.1. The molecule has 0 spiro atoms. The highest BCUT2D eigenvalue weighted by molar-refractivity contribution is 5.20. The van der Waals surface area contributed by atoms with Gasteiger partial charge in [0.05, 0.1) is 20.1 Å². The van der Waals surface area contributed by atoms with Gasteiger partial charge in [0.1, 0.15) is 6.04 Å². The Labute approximate surface area is 93.6 Å². The maximum atomic E-state index is 3.98. The predicted molar refractivity (Wildman–Crippen MR) is 66.6 cm³/mol. The molecule has 0 aliphatic heterocycles. The van der Waals surface area contributed by atoms with Crippen LogP contribution in [0.3, 0.4) is 0 Å². The van der Waals surface area contributed by atoms with E-state index in [9.17, 15) is 0 Å². The van der Waals surface area contributed by atoms with Gasteiger partial charge in [-0.1, -0.05) is 36.9 Å². The first-order chi connectivity index (χ1) is 7.18. The van der Waals surface area contributed by atoms with Crippen LogP contribution >= 0.6 is 0 Å². The fourth-order valence-corrected chi connectivity index (χ4v) is 2.02. The van der Waals surface area contributed by atoms with Crippen LogP contribution in [0.25, 0.3) is 0 Å². The van der Waals surface area contributed by atoms with Gasteiger partial charge in [-0.25, -0.2) is 0 Å². The zero-order valence-corrected chi connectivity index (χ0v) is 10.1. The van der Waals surface area contributed by atoms with E-state index in [0.717, 1.165) is 17.6 Å². The van der Waals surface area contributed by atoms with E-state index in [0.29, 0.717) is 6.04 Å². The molecule has 82 valence electrons. The predicted octanol–water partition coefficient (Wildman–Crippen LogP) is 3.40. The third-order valence-corrected chi connectivity index (χ3v) is 3.48. The number of benzene rings is 1. The molecule has 1 rings (SSSR count). The fraction of sp³-hybridized carbons (Fsp3) is 0.429. The van der Waals surface area contributed by atoms with Crippen molar-refractivity contribution in [3.63, 3.8) is 0 Å². The quantitative estimate of drug-likeness (QED) is 0.509. The second-order valence-electron chi connectivity index (χ2n) is 4.20. The van der Waals surface area contributed by atoms with Gasteiger partial charge in [0.15, 0.2) is 0 Å². The highest BCUT2D eigenvalue weighted by atomic mass is 15.3. The monoisotopic (exact) mass is 204 g/mol. The van der Waals surface area contributed by atoms with Crippen molar-refractivity contribution in [2.75, 3.05) is 20.1 Å². The van der Waals surface area contributed by atoms with Crippen molar-refractivity contribution in [3.05, 3.63) is 48.6 Å². The number of rotatable bonds is 5. The van der Waals surface area contributed by atoms with Gasteiger partial charge in [0.2, 0.25) is 0 Å². The van der Waals surface area contributed by atoms with Crippen LogP contribution in [0.15, 0.2) is 43.0 Å². The lowest BCUT2D eigenvalue weighted by Crippen LogP contribution is -2.45. The van der Waals surface area contributed by atoms with E-state index in [1.165, 1.54) is 5.56 Å². The van der Waals surface area contributed by atoms with Gasteiger partial charge >= 0.3 is 0 Å². The number of quaternary nitrogens is 1. The molecule has 0 bridgehead atoms. The van der Waals surface area contributed by atoms with Gasteiger partial charge < -0.3 is 4.48 Å². The van der Waals surface area contributed by atoms with Crippen molar-refractivity contribution in [1.29, 1.82) is 0 Å². The Kier molecular flexibility index (Phi) is 4.10. The van der Waals surface area contributed by atoms with Gasteiger partial charge in [-0.15, -0.1) is 0 Å². The minimum absolute atomic E-state index is 0.404. The Bertz CT molecular complexity index is 298. The summed E-state index contributed by atoms with van der Waals surface area (Å²) < 4.78 is 1.02. The van der Waals surface area contributed by atoms with Crippen LogP contribution in [0.4, 0.5) is 0 Å². The fourth-order valence-electron chi connectivity index (χ4n) is 2.02. The first kappa shape index (κ1) is 12.0. The normalized spacial score (nSPS) is 13.5. The summed E-state index contributed by atoms with van der Waals surface area (Å²) in [4.78, 5) is 0. The van der Waals surface area contributed by atoms with Crippen molar-refractivity contribution in [1.82, 2.24) is 0 Å². The molecule has 0 saturated carbocycles. The molecule has 0 fully saturated rings. The summed E-state index contributed by atoms with van der Waals surface area (Å²) in [6, 6.07) is 11.0. The van der Waals surface area contributed by atoms with E-state index in [4.69, 9.17) is 0 Å². The lowest BCUT2D eigenvalue weighted by Gasteiger charge is -2.38. The molecule has 1 unspecified atom stereocenters. The van der Waals surface area contributed by atoms with Crippen LogP contribution in [0.1, 0.15) is 25.5 Å². The Morgan fingerprint density at radius 2 is 1.73 bits per heavy atom. The van der Waals surface area contributed by atoms with E-state index in [2.05, 4.69) is 63.9 Å². The van der Waals surface area contributed by atoms with Gasteiger partial charge in [-0.3, -0.25) is 0 Å². The topological polar surface area (TPSA) is 0 Å². The molecule has 0 aliphatic carbocycles. The number of likely N-dealkylation sites (N-methyl/N-ethyl adjacent to an activating group) is 1. The summed E-state index contributed by atoms with van der Waals surface area (Å²) >= 11 is 0. The SMILES string of the molecule is C=CC(c1ccccc1)[N+](C)(CC)CC. The molecule has 1 heteroatoms. The zero-order chi connectivity index (χ0) is 11.3. The Morgan fingerprint density at radius 1 is 1.20 bits per heavy atom. The molecule has 0 aromatic heterocycles. The van der Waals surface area contributed by atoms with Crippen molar-refractivity contribution in [3.8, 4) is 0 Å². The molecule has 1 nitrogen and oxygen atoms in total. The van der Waals surface area contributed by atoms with E-state index in [-0.39, 0.29) is 0 Å². The summed E-state index contributed by atoms with van der Waals surface area (Å²) in [6.07, 6.45) is 2.07. The van der Waals surface area contributed by atoms with Crippen molar-refractivity contribution in [2.24, 2.45) is 0 Å². The second-order valence-corrected chi connectivity index (χ2v) is 4.20. The molecular formula is C14H22N+. The van der Waals surface area contributed by atoms with Gasteiger partial charge in [-0.05, 0) is 19.9 Å². The number of nitrogens with zero attached hydrogens (tertiary/aromatic N) is 1. The molecule has 0 aliphatic rings. The highest BCUT2D eigenvalue weighted by Crippen LogP contribution is 2.27. The average Bonchev–Trinajstić information content (AvgIpc) is 2.31. The summed E-state index contributed by atoms with van der Waals surface area (Å²) in [7, 11) is 2.29. The largest absolute Gasteiger partial charge is 0.317 e. The molecule has 15 heavy (non-hydrogen) atoms. The maximum Gasteiger partial charge on any atom is 0.133 e. The van der Waals surface area contributed by atoms with Crippen molar-refractivity contribution < 1.29 is 4.48 Å². The lowest BCUT2D eigenvalue weighted by atomic mass is 10.0. The summed E-state index contributed by atoms with van der Waals surface area (Å²) in [5.74, 6) is 0. The second kappa shape index (κ2) is 5.13. The highest BCUT2D eigenvalue weighted by Gasteiger charge is 2.27. The molecule has 1 atom stereocenters. The van der Waals surface area contributed by atoms with Crippen molar-refractivity contribution in [2.45, 2.75) is 19.9 Å². The molecule has 0 N–H and O–H groups in total. The van der Waals surface area contributed by atoms with Crippen LogP contribution in [-0.2, 0) is 0 Å². The minimum atomic E-state index is 0.404. The third-order valence-electron chi connectivity index (χ3n) is 3.48. The van der Waals surface area contributed by atoms with Crippen LogP contribution in [0.5, 0.6) is 0 Å². The van der Waals surface area contributed by atoms with E-state index in [1.54, 1.807) is 0 Å². The minimum Gasteiger partial charge on any atom is -0.317 e. The summed E-state index contributed by atoms with van der Waals surface area (Å²) in [5, 5.41) is 0. The lowest BCUT2D eigenvalue weighted by molar-refractivity contribution is -0.929. The first-order valence-electron chi connectivity index (χ1n) is 5.69. The average molecular weight is 204 g/mol. The van der Waals surface area contributed by atoms with Gasteiger partial charge in [-0.2, -0.15) is 0 Å². The molecule has 0 amide bonds. The Morgan fingerprint density at radius 3 is 2.13 bits per heavy atom. The van der Waals surface area contributed by atoms with E-state index in [1.807, 2.05) is 0 Å². The van der Waals surface area contributed by atoms with Crippen LogP contribution < -0.4 is 0 Å². The van der Waals surface area contributed by atoms with Crippen LogP contribution in [0, 0.1) is 0 Å². The van der Waals surface area contributed by atoms with Crippen molar-refractivity contribution >= 4 is 0 Å². The Balaban J connectivity index is 3.03. The molecule has 0 saturated heterocycles. The van der Waals surface area contributed by atoms with E-state index >= 15 is 0 Å². The standard InChI is InChI=1S/C14H22N/c1-5-14(15(4,6-2)7-3)13-11-9-8-10-12-13/h5,8-12,14H,1,6-7H2,2-4H3/q+1. The summed E-state index contributed by atoms with van der Waals surface area (Å²) in [5.41, 5.74) is 1.36. The third kappa shape index (κ3) is 2.48. The number of hydrogen-bond acceptors (Lipinski definition) is 0. The smallest absolute Gasteiger partial charge is 0.133 e. The molecule has 0 radical (unpaired) electrons. The molecular weight excluding hydrogens is 182 g/mol. The van der Waals surface area contributed by atoms with Crippen LogP contribution in [0.2, 0.25) is 0 Å². The molecule has 1 aromatic rings. The van der Waals surface area contributed by atoms with Gasteiger partial charge in [0.25, 0.3) is 0 Å². The number of hydrogen-bond donors (Lipinski definition) is 0.